The van der Waals surface area contributed by atoms with Crippen LogP contribution < -0.4 is 10.2 Å². The number of nitrogens with one attached hydrogen (secondary N) is 1. The van der Waals surface area contributed by atoms with E-state index in [1.807, 2.05) is 24.3 Å². The van der Waals surface area contributed by atoms with Gasteiger partial charge >= 0.3 is 0 Å². The number of hydrogen-bond acceptors (Lipinski definition) is 5. The van der Waals surface area contributed by atoms with Gasteiger partial charge in [-0.1, -0.05) is 24.3 Å². The molecule has 2 aromatic carbocycles. The Morgan fingerprint density at radius 2 is 1.93 bits per heavy atom. The van der Waals surface area contributed by atoms with Crippen molar-refractivity contribution in [1.82, 2.24) is 10.2 Å². The average Bonchev–Trinajstić information content (AvgIpc) is 3.00. The molecule has 2 aliphatic rings. The molecule has 2 heterocycles. The molecular weight excluding hydrogens is 371 g/mol. The van der Waals surface area contributed by atoms with Gasteiger partial charge in [-0.2, -0.15) is 0 Å². The molecule has 2 aromatic rings. The number of carbonyl (C=O) groups is 1. The van der Waals surface area contributed by atoms with Crippen LogP contribution >= 0.6 is 0 Å². The molecule has 0 radical (unpaired) electrons. The second-order valence-corrected chi connectivity index (χ2v) is 7.16. The standard InChI is InChI=1S/C22H25FN4O2/c23-17-5-3-6-18(15-17)25-21-19-7-1-2-8-20(19)27(22(21)28)16-24-9-4-10-26-11-13-29-14-12-26/h1-3,5-8,15,24H,4,9-14,16H2. The van der Waals surface area contributed by atoms with Crippen LogP contribution in [0, 0.1) is 5.82 Å². The van der Waals surface area contributed by atoms with Gasteiger partial charge in [-0.3, -0.25) is 19.9 Å². The van der Waals surface area contributed by atoms with Crippen LogP contribution in [0.5, 0.6) is 0 Å². The average molecular weight is 396 g/mol. The van der Waals surface area contributed by atoms with E-state index in [0.717, 1.165) is 57.1 Å². The highest BCUT2D eigenvalue weighted by Crippen LogP contribution is 2.30. The first-order chi connectivity index (χ1) is 14.2. The third-order valence-electron chi connectivity index (χ3n) is 5.15. The molecule has 6 nitrogen and oxygen atoms in total. The Morgan fingerprint density at radius 3 is 2.76 bits per heavy atom. The Balaban J connectivity index is 1.39. The lowest BCUT2D eigenvalue weighted by Crippen LogP contribution is -2.40. The van der Waals surface area contributed by atoms with Crippen LogP contribution in [0.4, 0.5) is 15.8 Å². The molecule has 2 aliphatic heterocycles. The molecule has 1 saturated heterocycles. The van der Waals surface area contributed by atoms with E-state index in [1.54, 1.807) is 17.0 Å². The van der Waals surface area contributed by atoms with Crippen LogP contribution in [0.25, 0.3) is 0 Å². The number of halogens is 1. The summed E-state index contributed by atoms with van der Waals surface area (Å²) in [6.45, 7) is 5.84. The van der Waals surface area contributed by atoms with E-state index in [9.17, 15) is 9.18 Å². The largest absolute Gasteiger partial charge is 0.379 e. The number of fused-ring (bicyclic) bond motifs is 1. The summed E-state index contributed by atoms with van der Waals surface area (Å²) in [4.78, 5) is 21.5. The third kappa shape index (κ3) is 4.70. The zero-order valence-electron chi connectivity index (χ0n) is 16.3. The first kappa shape index (κ1) is 19.7. The fourth-order valence-corrected chi connectivity index (χ4v) is 3.64. The lowest BCUT2D eigenvalue weighted by molar-refractivity contribution is -0.112. The van der Waals surface area contributed by atoms with E-state index < -0.39 is 0 Å². The van der Waals surface area contributed by atoms with Gasteiger partial charge in [0.2, 0.25) is 0 Å². The second kappa shape index (κ2) is 9.26. The molecule has 4 rings (SSSR count). The lowest BCUT2D eigenvalue weighted by Gasteiger charge is -2.26. The van der Waals surface area contributed by atoms with Gasteiger partial charge in [-0.15, -0.1) is 0 Å². The maximum Gasteiger partial charge on any atom is 0.278 e. The first-order valence-electron chi connectivity index (χ1n) is 9.99. The van der Waals surface area contributed by atoms with E-state index in [0.29, 0.717) is 18.1 Å². The summed E-state index contributed by atoms with van der Waals surface area (Å²) in [5.74, 6) is -0.541. The SMILES string of the molecule is O=C1C(=Nc2cccc(F)c2)c2ccccc2N1CNCCCN1CCOCC1. The van der Waals surface area contributed by atoms with Crippen molar-refractivity contribution < 1.29 is 13.9 Å². The number of amides is 1. The van der Waals surface area contributed by atoms with Crippen LogP contribution in [0.1, 0.15) is 12.0 Å². The summed E-state index contributed by atoms with van der Waals surface area (Å²) in [6, 6.07) is 13.6. The summed E-state index contributed by atoms with van der Waals surface area (Å²) >= 11 is 0. The smallest absolute Gasteiger partial charge is 0.278 e. The molecule has 7 heteroatoms. The predicted octanol–water partition coefficient (Wildman–Crippen LogP) is 2.56. The molecule has 152 valence electrons. The lowest BCUT2D eigenvalue weighted by atomic mass is 10.1. The molecule has 1 N–H and O–H groups in total. The Hall–Kier alpha value is -2.61. The van der Waals surface area contributed by atoms with Gasteiger partial charge in [-0.25, -0.2) is 9.38 Å². The van der Waals surface area contributed by atoms with E-state index >= 15 is 0 Å². The molecule has 1 amide bonds. The van der Waals surface area contributed by atoms with E-state index in [1.165, 1.54) is 12.1 Å². The van der Waals surface area contributed by atoms with E-state index in [4.69, 9.17) is 4.74 Å². The number of nitrogens with zero attached hydrogens (tertiary/aromatic N) is 3. The first-order valence-corrected chi connectivity index (χ1v) is 9.99. The number of carbonyl (C=O) groups excluding carboxylic acids is 1. The molecule has 0 aromatic heterocycles. The monoisotopic (exact) mass is 396 g/mol. The highest BCUT2D eigenvalue weighted by atomic mass is 19.1. The fraction of sp³-hybridized carbons (Fsp3) is 0.364. The van der Waals surface area contributed by atoms with Gasteiger partial charge in [0.25, 0.3) is 5.91 Å². The van der Waals surface area contributed by atoms with Crippen molar-refractivity contribution in [3.63, 3.8) is 0 Å². The summed E-state index contributed by atoms with van der Waals surface area (Å²) in [7, 11) is 0. The number of para-hydroxylation sites is 1. The van der Waals surface area contributed by atoms with Gasteiger partial charge in [0.05, 0.1) is 31.3 Å². The number of benzene rings is 2. The number of aliphatic imine (C=N–C) groups is 1. The minimum absolute atomic E-state index is 0.170. The maximum atomic E-state index is 13.5. The molecule has 0 bridgehead atoms. The molecule has 0 spiro atoms. The van der Waals surface area contributed by atoms with Crippen LogP contribution in [0.3, 0.4) is 0 Å². The Kier molecular flexibility index (Phi) is 6.29. The van der Waals surface area contributed by atoms with E-state index in [-0.39, 0.29) is 11.7 Å². The van der Waals surface area contributed by atoms with Crippen molar-refractivity contribution in [2.75, 3.05) is 51.0 Å². The van der Waals surface area contributed by atoms with E-state index in [2.05, 4.69) is 15.2 Å². The van der Waals surface area contributed by atoms with Crippen molar-refractivity contribution in [3.8, 4) is 0 Å². The molecule has 1 fully saturated rings. The molecule has 29 heavy (non-hydrogen) atoms. The van der Waals surface area contributed by atoms with Gasteiger partial charge in [-0.05, 0) is 43.8 Å². The highest BCUT2D eigenvalue weighted by molar-refractivity contribution is 6.54. The number of hydrogen-bond donors (Lipinski definition) is 1. The number of morpholine rings is 1. The van der Waals surface area contributed by atoms with Gasteiger partial charge in [0.15, 0.2) is 0 Å². The minimum Gasteiger partial charge on any atom is -0.379 e. The van der Waals surface area contributed by atoms with Crippen molar-refractivity contribution in [2.45, 2.75) is 6.42 Å². The van der Waals surface area contributed by atoms with Crippen LogP contribution in [-0.4, -0.2) is 62.6 Å². The molecule has 0 unspecified atom stereocenters. The van der Waals surface area contributed by atoms with Gasteiger partial charge in [0.1, 0.15) is 11.5 Å². The number of rotatable bonds is 7. The zero-order valence-corrected chi connectivity index (χ0v) is 16.3. The number of anilines is 1. The molecule has 0 saturated carbocycles. The topological polar surface area (TPSA) is 57.2 Å². The third-order valence-corrected chi connectivity index (χ3v) is 5.15. The predicted molar refractivity (Wildman–Crippen MR) is 111 cm³/mol. The summed E-state index contributed by atoms with van der Waals surface area (Å²) in [6.07, 6.45) is 1.01. The van der Waals surface area contributed by atoms with Gasteiger partial charge < -0.3 is 4.74 Å². The zero-order chi connectivity index (χ0) is 20.1. The Labute approximate surface area is 170 Å². The van der Waals surface area contributed by atoms with Crippen LogP contribution in [-0.2, 0) is 9.53 Å². The molecule has 0 atom stereocenters. The summed E-state index contributed by atoms with van der Waals surface area (Å²) in [5.41, 5.74) is 2.38. The fourth-order valence-electron chi connectivity index (χ4n) is 3.64. The normalized spacial score (nSPS) is 18.4. The van der Waals surface area contributed by atoms with Crippen LogP contribution in [0.15, 0.2) is 53.5 Å². The highest BCUT2D eigenvalue weighted by Gasteiger charge is 2.33. The van der Waals surface area contributed by atoms with Gasteiger partial charge in [0, 0.05) is 18.7 Å². The quantitative estimate of drug-likeness (QED) is 0.731. The van der Waals surface area contributed by atoms with Crippen molar-refractivity contribution in [3.05, 3.63) is 59.9 Å². The van der Waals surface area contributed by atoms with Crippen molar-refractivity contribution >= 4 is 23.0 Å². The summed E-state index contributed by atoms with van der Waals surface area (Å²) in [5, 5.41) is 3.36. The Morgan fingerprint density at radius 1 is 1.10 bits per heavy atom. The maximum absolute atomic E-state index is 13.5. The number of ether oxygens (including phenoxy) is 1. The molecular formula is C22H25FN4O2. The van der Waals surface area contributed by atoms with Crippen molar-refractivity contribution in [1.29, 1.82) is 0 Å². The van der Waals surface area contributed by atoms with Crippen LogP contribution in [0.2, 0.25) is 0 Å². The minimum atomic E-state index is -0.371. The Bertz CT molecular complexity index is 896. The molecule has 0 aliphatic carbocycles. The summed E-state index contributed by atoms with van der Waals surface area (Å²) < 4.78 is 18.9. The van der Waals surface area contributed by atoms with Crippen molar-refractivity contribution in [2.24, 2.45) is 4.99 Å². The second-order valence-electron chi connectivity index (χ2n) is 7.16.